The Bertz CT molecular complexity index is 386. The topological polar surface area (TPSA) is 35.0 Å². The quantitative estimate of drug-likeness (QED) is 0.774. The Balaban J connectivity index is 1.89. The molecule has 1 saturated carbocycles. The van der Waals surface area contributed by atoms with E-state index < -0.39 is 0 Å². The maximum atomic E-state index is 5.90. The number of rotatable bonds is 6. The first-order valence-corrected chi connectivity index (χ1v) is 7.75. The van der Waals surface area contributed by atoms with Crippen molar-refractivity contribution in [3.63, 3.8) is 0 Å². The molecule has 3 heteroatoms. The summed E-state index contributed by atoms with van der Waals surface area (Å²) in [6.07, 6.45) is 10.0. The molecule has 0 saturated heterocycles. The van der Waals surface area contributed by atoms with E-state index in [9.17, 15) is 0 Å². The SMILES string of the molecule is CCCCc1nc(C)cc(OCC2CCCCC2)n1. The zero-order valence-corrected chi connectivity index (χ0v) is 12.3. The number of ether oxygens (including phenoxy) is 1. The van der Waals surface area contributed by atoms with Crippen LogP contribution >= 0.6 is 0 Å². The first-order chi connectivity index (χ1) is 9.28. The first-order valence-electron chi connectivity index (χ1n) is 7.75. The minimum atomic E-state index is 0.725. The van der Waals surface area contributed by atoms with Gasteiger partial charge in [0.05, 0.1) is 6.61 Å². The molecule has 0 radical (unpaired) electrons. The summed E-state index contributed by atoms with van der Waals surface area (Å²) in [6.45, 7) is 5.03. The van der Waals surface area contributed by atoms with Gasteiger partial charge in [-0.1, -0.05) is 32.6 Å². The molecule has 0 spiro atoms. The number of aryl methyl sites for hydroxylation is 2. The van der Waals surface area contributed by atoms with E-state index in [1.165, 1.54) is 38.5 Å². The van der Waals surface area contributed by atoms with Crippen molar-refractivity contribution in [3.05, 3.63) is 17.6 Å². The van der Waals surface area contributed by atoms with E-state index in [0.717, 1.165) is 42.8 Å². The Morgan fingerprint density at radius 1 is 1.21 bits per heavy atom. The molecule has 0 aromatic carbocycles. The molecule has 0 unspecified atom stereocenters. The second-order valence-corrected chi connectivity index (χ2v) is 5.68. The number of hydrogen-bond acceptors (Lipinski definition) is 3. The van der Waals surface area contributed by atoms with E-state index in [2.05, 4.69) is 16.9 Å². The van der Waals surface area contributed by atoms with Crippen LogP contribution in [0.15, 0.2) is 6.07 Å². The summed E-state index contributed by atoms with van der Waals surface area (Å²) < 4.78 is 5.90. The molecule has 1 aromatic heterocycles. The van der Waals surface area contributed by atoms with Crippen molar-refractivity contribution >= 4 is 0 Å². The van der Waals surface area contributed by atoms with Gasteiger partial charge in [-0.15, -0.1) is 0 Å². The zero-order chi connectivity index (χ0) is 13.5. The first kappa shape index (κ1) is 14.3. The number of aromatic nitrogens is 2. The van der Waals surface area contributed by atoms with Crippen molar-refractivity contribution in [3.8, 4) is 5.88 Å². The summed E-state index contributed by atoms with van der Waals surface area (Å²) in [6, 6.07) is 1.96. The molecule has 19 heavy (non-hydrogen) atoms. The lowest BCUT2D eigenvalue weighted by molar-refractivity contribution is 0.202. The lowest BCUT2D eigenvalue weighted by Crippen LogP contribution is -2.16. The molecule has 1 aliphatic rings. The van der Waals surface area contributed by atoms with Crippen molar-refractivity contribution in [1.82, 2.24) is 9.97 Å². The molecule has 0 amide bonds. The van der Waals surface area contributed by atoms with Crippen LogP contribution in [0.1, 0.15) is 63.4 Å². The van der Waals surface area contributed by atoms with Crippen LogP contribution in [0.5, 0.6) is 5.88 Å². The predicted octanol–water partition coefficient (Wildman–Crippen LogP) is 4.09. The highest BCUT2D eigenvalue weighted by Crippen LogP contribution is 2.24. The van der Waals surface area contributed by atoms with Crippen LogP contribution in [-0.2, 0) is 6.42 Å². The van der Waals surface area contributed by atoms with Gasteiger partial charge in [-0.05, 0) is 32.1 Å². The van der Waals surface area contributed by atoms with E-state index in [1.807, 2.05) is 13.0 Å². The van der Waals surface area contributed by atoms with Gasteiger partial charge in [0, 0.05) is 18.2 Å². The van der Waals surface area contributed by atoms with E-state index in [4.69, 9.17) is 4.74 Å². The molecule has 1 aliphatic carbocycles. The third-order valence-corrected chi connectivity index (χ3v) is 3.82. The summed E-state index contributed by atoms with van der Waals surface area (Å²) >= 11 is 0. The van der Waals surface area contributed by atoms with Crippen molar-refractivity contribution in [2.45, 2.75) is 65.2 Å². The third kappa shape index (κ3) is 4.81. The minimum Gasteiger partial charge on any atom is -0.477 e. The second-order valence-electron chi connectivity index (χ2n) is 5.68. The largest absolute Gasteiger partial charge is 0.477 e. The van der Waals surface area contributed by atoms with Crippen LogP contribution < -0.4 is 4.74 Å². The molecule has 0 atom stereocenters. The van der Waals surface area contributed by atoms with Crippen molar-refractivity contribution < 1.29 is 4.74 Å². The normalized spacial score (nSPS) is 16.5. The summed E-state index contributed by atoms with van der Waals surface area (Å²) in [5.41, 5.74) is 1.01. The number of unbranched alkanes of at least 4 members (excludes halogenated alkanes) is 1. The van der Waals surface area contributed by atoms with Gasteiger partial charge in [0.2, 0.25) is 5.88 Å². The molecular formula is C16H26N2O. The highest BCUT2D eigenvalue weighted by Gasteiger charge is 2.14. The highest BCUT2D eigenvalue weighted by atomic mass is 16.5. The highest BCUT2D eigenvalue weighted by molar-refractivity contribution is 5.15. The molecule has 0 bridgehead atoms. The Labute approximate surface area is 116 Å². The van der Waals surface area contributed by atoms with Gasteiger partial charge >= 0.3 is 0 Å². The number of hydrogen-bond donors (Lipinski definition) is 0. The number of nitrogens with zero attached hydrogens (tertiary/aromatic N) is 2. The second kappa shape index (κ2) is 7.46. The fraction of sp³-hybridized carbons (Fsp3) is 0.750. The molecule has 106 valence electrons. The van der Waals surface area contributed by atoms with E-state index in [0.29, 0.717) is 0 Å². The summed E-state index contributed by atoms with van der Waals surface area (Å²) in [5, 5.41) is 0. The van der Waals surface area contributed by atoms with Crippen LogP contribution in [0.25, 0.3) is 0 Å². The van der Waals surface area contributed by atoms with Crippen molar-refractivity contribution in [1.29, 1.82) is 0 Å². The molecule has 1 heterocycles. The third-order valence-electron chi connectivity index (χ3n) is 3.82. The average Bonchev–Trinajstić information content (AvgIpc) is 2.43. The van der Waals surface area contributed by atoms with E-state index in [-0.39, 0.29) is 0 Å². The zero-order valence-electron chi connectivity index (χ0n) is 12.3. The molecule has 1 fully saturated rings. The van der Waals surface area contributed by atoms with Crippen molar-refractivity contribution in [2.24, 2.45) is 5.92 Å². The maximum absolute atomic E-state index is 5.90. The van der Waals surface area contributed by atoms with E-state index >= 15 is 0 Å². The van der Waals surface area contributed by atoms with Crippen LogP contribution in [-0.4, -0.2) is 16.6 Å². The van der Waals surface area contributed by atoms with Gasteiger partial charge in [-0.2, -0.15) is 4.98 Å². The van der Waals surface area contributed by atoms with Gasteiger partial charge in [-0.25, -0.2) is 4.98 Å². The van der Waals surface area contributed by atoms with Crippen molar-refractivity contribution in [2.75, 3.05) is 6.61 Å². The standard InChI is InChI=1S/C16H26N2O/c1-3-4-10-15-17-13(2)11-16(18-15)19-12-14-8-6-5-7-9-14/h11,14H,3-10,12H2,1-2H3. The Hall–Kier alpha value is -1.12. The Kier molecular flexibility index (Phi) is 5.62. The lowest BCUT2D eigenvalue weighted by Gasteiger charge is -2.21. The van der Waals surface area contributed by atoms with Crippen LogP contribution in [0.2, 0.25) is 0 Å². The summed E-state index contributed by atoms with van der Waals surface area (Å²) in [7, 11) is 0. The Morgan fingerprint density at radius 3 is 2.74 bits per heavy atom. The molecule has 0 N–H and O–H groups in total. The van der Waals surface area contributed by atoms with Gasteiger partial charge in [0.15, 0.2) is 0 Å². The molecule has 3 nitrogen and oxygen atoms in total. The van der Waals surface area contributed by atoms with E-state index in [1.54, 1.807) is 0 Å². The minimum absolute atomic E-state index is 0.725. The Morgan fingerprint density at radius 2 is 2.00 bits per heavy atom. The molecule has 0 aliphatic heterocycles. The average molecular weight is 262 g/mol. The molecular weight excluding hydrogens is 236 g/mol. The van der Waals surface area contributed by atoms with Crippen LogP contribution in [0.4, 0.5) is 0 Å². The molecule has 1 aromatic rings. The summed E-state index contributed by atoms with van der Waals surface area (Å²) in [5.74, 6) is 2.42. The van der Waals surface area contributed by atoms with Gasteiger partial charge in [0.25, 0.3) is 0 Å². The predicted molar refractivity (Wildman–Crippen MR) is 77.5 cm³/mol. The van der Waals surface area contributed by atoms with Crippen LogP contribution in [0.3, 0.4) is 0 Å². The summed E-state index contributed by atoms with van der Waals surface area (Å²) in [4.78, 5) is 9.00. The van der Waals surface area contributed by atoms with Crippen LogP contribution in [0, 0.1) is 12.8 Å². The van der Waals surface area contributed by atoms with Gasteiger partial charge in [0.1, 0.15) is 5.82 Å². The monoisotopic (exact) mass is 262 g/mol. The van der Waals surface area contributed by atoms with Gasteiger partial charge < -0.3 is 4.74 Å². The lowest BCUT2D eigenvalue weighted by atomic mass is 9.90. The smallest absolute Gasteiger partial charge is 0.216 e. The van der Waals surface area contributed by atoms with Gasteiger partial charge in [-0.3, -0.25) is 0 Å². The fourth-order valence-electron chi connectivity index (χ4n) is 2.68. The fourth-order valence-corrected chi connectivity index (χ4v) is 2.68. The molecule has 2 rings (SSSR count). The maximum Gasteiger partial charge on any atom is 0.216 e.